The minimum Gasteiger partial charge on any atom is -0.465 e. The van der Waals surface area contributed by atoms with Crippen LogP contribution < -0.4 is 21.5 Å². The third kappa shape index (κ3) is 3.58. The Morgan fingerprint density at radius 2 is 2.04 bits per heavy atom. The van der Waals surface area contributed by atoms with Gasteiger partial charge in [-0.05, 0) is 31.9 Å². The summed E-state index contributed by atoms with van der Waals surface area (Å²) in [6.45, 7) is 3.40. The average molecular weight is 360 g/mol. The molecule has 3 rings (SSSR count). The standard InChI is InChI=1S/C18H24N4O4/c1-12-6-7-14(26-12)10-19-17(24)13-5-4-8-22(11-13)15-9-16(23)21(3)18(25)20(15)2/h6-7,9,13H,4-5,8,10-11H2,1-3H3,(H,19,24)/t13-/m1/s1. The van der Waals surface area contributed by atoms with Gasteiger partial charge in [-0.3, -0.25) is 18.7 Å². The first-order valence-electron chi connectivity index (χ1n) is 8.72. The van der Waals surface area contributed by atoms with E-state index < -0.39 is 0 Å². The number of aryl methyl sites for hydroxylation is 1. The fraction of sp³-hybridized carbons (Fsp3) is 0.500. The SMILES string of the molecule is Cc1ccc(CNC(=O)[C@@H]2CCCN(c3cc(=O)n(C)c(=O)n3C)C2)o1. The summed E-state index contributed by atoms with van der Waals surface area (Å²) in [7, 11) is 3.09. The maximum absolute atomic E-state index is 12.5. The first kappa shape index (κ1) is 18.0. The van der Waals surface area contributed by atoms with E-state index in [1.54, 1.807) is 7.05 Å². The topological polar surface area (TPSA) is 89.5 Å². The van der Waals surface area contributed by atoms with Gasteiger partial charge in [0.25, 0.3) is 5.56 Å². The second-order valence-corrected chi connectivity index (χ2v) is 6.76. The number of hydrogen-bond donors (Lipinski definition) is 1. The molecule has 1 amide bonds. The van der Waals surface area contributed by atoms with Gasteiger partial charge in [0.1, 0.15) is 17.3 Å². The molecule has 3 heterocycles. The molecule has 0 bridgehead atoms. The van der Waals surface area contributed by atoms with Gasteiger partial charge in [0.2, 0.25) is 5.91 Å². The summed E-state index contributed by atoms with van der Waals surface area (Å²) in [5, 5.41) is 2.91. The first-order chi connectivity index (χ1) is 12.4. The summed E-state index contributed by atoms with van der Waals surface area (Å²) in [6.07, 6.45) is 1.60. The molecule has 0 unspecified atom stereocenters. The number of anilines is 1. The molecule has 1 aliphatic rings. The third-order valence-corrected chi connectivity index (χ3v) is 4.85. The molecule has 0 aromatic carbocycles. The molecular formula is C18H24N4O4. The van der Waals surface area contributed by atoms with E-state index in [1.165, 1.54) is 17.7 Å². The van der Waals surface area contributed by atoms with E-state index >= 15 is 0 Å². The Hall–Kier alpha value is -2.77. The van der Waals surface area contributed by atoms with Crippen LogP contribution in [0.4, 0.5) is 5.82 Å². The number of amides is 1. The molecule has 0 aliphatic carbocycles. The predicted octanol–water partition coefficient (Wildman–Crippen LogP) is 0.518. The van der Waals surface area contributed by atoms with Crippen molar-refractivity contribution in [3.63, 3.8) is 0 Å². The summed E-state index contributed by atoms with van der Waals surface area (Å²) in [4.78, 5) is 38.6. The van der Waals surface area contributed by atoms with Gasteiger partial charge in [0.15, 0.2) is 0 Å². The van der Waals surface area contributed by atoms with Gasteiger partial charge >= 0.3 is 5.69 Å². The Kier molecular flexibility index (Phi) is 5.01. The van der Waals surface area contributed by atoms with Gasteiger partial charge in [-0.25, -0.2) is 4.79 Å². The van der Waals surface area contributed by atoms with Crippen molar-refractivity contribution in [3.8, 4) is 0 Å². The van der Waals surface area contributed by atoms with Crippen LogP contribution in [0.2, 0.25) is 0 Å². The molecule has 8 heteroatoms. The lowest BCUT2D eigenvalue weighted by Gasteiger charge is -2.34. The number of hydrogen-bond acceptors (Lipinski definition) is 5. The van der Waals surface area contributed by atoms with Crippen LogP contribution in [-0.2, 0) is 25.4 Å². The highest BCUT2D eigenvalue weighted by Gasteiger charge is 2.27. The fourth-order valence-electron chi connectivity index (χ4n) is 3.32. The number of nitrogens with one attached hydrogen (secondary N) is 1. The van der Waals surface area contributed by atoms with Gasteiger partial charge in [-0.15, -0.1) is 0 Å². The molecule has 8 nitrogen and oxygen atoms in total. The average Bonchev–Trinajstić information content (AvgIpc) is 3.06. The molecule has 0 spiro atoms. The lowest BCUT2D eigenvalue weighted by Crippen LogP contribution is -2.46. The normalized spacial score (nSPS) is 17.3. The Morgan fingerprint density at radius 1 is 1.27 bits per heavy atom. The molecule has 0 saturated carbocycles. The van der Waals surface area contributed by atoms with E-state index in [4.69, 9.17) is 4.42 Å². The molecule has 2 aromatic heterocycles. The highest BCUT2D eigenvalue weighted by atomic mass is 16.3. The summed E-state index contributed by atoms with van der Waals surface area (Å²) in [6, 6.07) is 5.16. The van der Waals surface area contributed by atoms with E-state index in [2.05, 4.69) is 5.32 Å². The lowest BCUT2D eigenvalue weighted by atomic mass is 9.97. The second kappa shape index (κ2) is 7.23. The van der Waals surface area contributed by atoms with Gasteiger partial charge in [-0.2, -0.15) is 0 Å². The van der Waals surface area contributed by atoms with Gasteiger partial charge in [0.05, 0.1) is 12.5 Å². The summed E-state index contributed by atoms with van der Waals surface area (Å²) >= 11 is 0. The van der Waals surface area contributed by atoms with Crippen LogP contribution in [0.1, 0.15) is 24.4 Å². The quantitative estimate of drug-likeness (QED) is 0.859. The van der Waals surface area contributed by atoms with Crippen LogP contribution in [0.15, 0.2) is 32.2 Å². The van der Waals surface area contributed by atoms with Crippen molar-refractivity contribution >= 4 is 11.7 Å². The monoisotopic (exact) mass is 360 g/mol. The Balaban J connectivity index is 1.70. The van der Waals surface area contributed by atoms with Crippen molar-refractivity contribution in [2.24, 2.45) is 20.0 Å². The summed E-state index contributed by atoms with van der Waals surface area (Å²) < 4.78 is 7.99. The lowest BCUT2D eigenvalue weighted by molar-refractivity contribution is -0.125. The molecule has 1 atom stereocenters. The van der Waals surface area contributed by atoms with Crippen molar-refractivity contribution in [2.75, 3.05) is 18.0 Å². The molecule has 1 saturated heterocycles. The van der Waals surface area contributed by atoms with Gasteiger partial charge < -0.3 is 14.6 Å². The van der Waals surface area contributed by atoms with Crippen molar-refractivity contribution < 1.29 is 9.21 Å². The maximum atomic E-state index is 12.5. The molecule has 26 heavy (non-hydrogen) atoms. The number of furan rings is 1. The molecule has 0 radical (unpaired) electrons. The molecule has 140 valence electrons. The van der Waals surface area contributed by atoms with Crippen LogP contribution in [0.3, 0.4) is 0 Å². The van der Waals surface area contributed by atoms with Crippen molar-refractivity contribution in [1.82, 2.24) is 14.5 Å². The van der Waals surface area contributed by atoms with E-state index in [0.29, 0.717) is 25.5 Å². The van der Waals surface area contributed by atoms with E-state index in [9.17, 15) is 14.4 Å². The van der Waals surface area contributed by atoms with Crippen LogP contribution >= 0.6 is 0 Å². The van der Waals surface area contributed by atoms with E-state index in [0.717, 1.165) is 28.9 Å². The molecule has 1 aliphatic heterocycles. The number of piperidine rings is 1. The Bertz CT molecular complexity index is 924. The zero-order valence-electron chi connectivity index (χ0n) is 15.3. The largest absolute Gasteiger partial charge is 0.465 e. The van der Waals surface area contributed by atoms with Crippen LogP contribution in [0.25, 0.3) is 0 Å². The Labute approximate surface area is 151 Å². The molecule has 1 N–H and O–H groups in total. The molecule has 2 aromatic rings. The summed E-state index contributed by atoms with van der Waals surface area (Å²) in [5.41, 5.74) is -0.713. The highest BCUT2D eigenvalue weighted by Crippen LogP contribution is 2.21. The van der Waals surface area contributed by atoms with Crippen molar-refractivity contribution in [2.45, 2.75) is 26.3 Å². The maximum Gasteiger partial charge on any atom is 0.332 e. The number of aromatic nitrogens is 2. The smallest absolute Gasteiger partial charge is 0.332 e. The zero-order valence-corrected chi connectivity index (χ0v) is 15.3. The van der Waals surface area contributed by atoms with E-state index in [-0.39, 0.29) is 23.1 Å². The highest BCUT2D eigenvalue weighted by molar-refractivity contribution is 5.79. The van der Waals surface area contributed by atoms with Crippen molar-refractivity contribution in [1.29, 1.82) is 0 Å². The predicted molar refractivity (Wildman–Crippen MR) is 97.2 cm³/mol. The zero-order chi connectivity index (χ0) is 18.8. The van der Waals surface area contributed by atoms with Crippen LogP contribution in [0, 0.1) is 12.8 Å². The molecule has 1 fully saturated rings. The van der Waals surface area contributed by atoms with Crippen LogP contribution in [0.5, 0.6) is 0 Å². The number of nitrogens with zero attached hydrogens (tertiary/aromatic N) is 3. The number of carbonyl (C=O) groups excluding carboxylic acids is 1. The number of rotatable bonds is 4. The molecular weight excluding hydrogens is 336 g/mol. The second-order valence-electron chi connectivity index (χ2n) is 6.76. The Morgan fingerprint density at radius 3 is 2.73 bits per heavy atom. The minimum atomic E-state index is -0.368. The first-order valence-corrected chi connectivity index (χ1v) is 8.72. The van der Waals surface area contributed by atoms with Crippen molar-refractivity contribution in [3.05, 3.63) is 50.6 Å². The summed E-state index contributed by atoms with van der Waals surface area (Å²) in [5.74, 6) is 1.84. The van der Waals surface area contributed by atoms with E-state index in [1.807, 2.05) is 24.0 Å². The van der Waals surface area contributed by atoms with Gasteiger partial charge in [-0.1, -0.05) is 0 Å². The fourth-order valence-corrected chi connectivity index (χ4v) is 3.32. The third-order valence-electron chi connectivity index (χ3n) is 4.85. The van der Waals surface area contributed by atoms with Gasteiger partial charge in [0, 0.05) is 33.3 Å². The minimum absolute atomic E-state index is 0.0439. The number of carbonyl (C=O) groups is 1. The van der Waals surface area contributed by atoms with Crippen LogP contribution in [-0.4, -0.2) is 28.1 Å².